The Morgan fingerprint density at radius 1 is 1.14 bits per heavy atom. The van der Waals surface area contributed by atoms with Crippen molar-refractivity contribution in [3.05, 3.63) is 36.0 Å². The summed E-state index contributed by atoms with van der Waals surface area (Å²) in [6, 6.07) is 10.5. The number of aromatic nitrogens is 1. The van der Waals surface area contributed by atoms with E-state index >= 15 is 0 Å². The van der Waals surface area contributed by atoms with E-state index in [2.05, 4.69) is 15.2 Å². The van der Waals surface area contributed by atoms with E-state index in [-0.39, 0.29) is 5.91 Å². The van der Waals surface area contributed by atoms with Crippen molar-refractivity contribution in [2.75, 3.05) is 39.3 Å². The number of para-hydroxylation sites is 1. The van der Waals surface area contributed by atoms with Crippen molar-refractivity contribution < 1.29 is 4.79 Å². The molecule has 0 spiro atoms. The molecule has 0 unspecified atom stereocenters. The number of rotatable bonds is 2. The van der Waals surface area contributed by atoms with E-state index in [1.54, 1.807) is 0 Å². The molecular weight excluding hydrogens is 264 g/mol. The number of piperazine rings is 1. The summed E-state index contributed by atoms with van der Waals surface area (Å²) in [5.41, 5.74) is 1.73. The quantitative estimate of drug-likeness (QED) is 0.861. The van der Waals surface area contributed by atoms with E-state index < -0.39 is 0 Å². The van der Waals surface area contributed by atoms with Gasteiger partial charge in [0.2, 0.25) is 0 Å². The molecule has 5 nitrogen and oxygen atoms in total. The topological polar surface area (TPSA) is 51.4 Å². The van der Waals surface area contributed by atoms with E-state index in [4.69, 9.17) is 0 Å². The van der Waals surface area contributed by atoms with Gasteiger partial charge in [0.25, 0.3) is 5.91 Å². The Balaban J connectivity index is 1.42. The molecule has 110 valence electrons. The Bertz CT molecular complexity index is 620. The number of H-pyrrole nitrogens is 1. The summed E-state index contributed by atoms with van der Waals surface area (Å²) in [6.07, 6.45) is 0. The first kappa shape index (κ1) is 12.9. The van der Waals surface area contributed by atoms with Gasteiger partial charge >= 0.3 is 0 Å². The van der Waals surface area contributed by atoms with Crippen LogP contribution >= 0.6 is 0 Å². The van der Waals surface area contributed by atoms with Gasteiger partial charge in [-0.2, -0.15) is 0 Å². The minimum Gasteiger partial charge on any atom is -0.351 e. The van der Waals surface area contributed by atoms with Crippen molar-refractivity contribution in [2.24, 2.45) is 0 Å². The standard InChI is InChI=1S/C16H20N4O/c21-16(15-9-12-3-1-2-4-14(12)18-15)20-10-13(11-20)19-7-5-17-6-8-19/h1-4,9,13,17-18H,5-8,10-11H2. The molecule has 0 radical (unpaired) electrons. The lowest BCUT2D eigenvalue weighted by atomic mass is 10.1. The molecule has 2 aliphatic rings. The summed E-state index contributed by atoms with van der Waals surface area (Å²) < 4.78 is 0. The third kappa shape index (κ3) is 2.32. The molecule has 4 rings (SSSR count). The third-order valence-electron chi connectivity index (χ3n) is 4.58. The first-order valence-electron chi connectivity index (χ1n) is 7.63. The fraction of sp³-hybridized carbons (Fsp3) is 0.438. The van der Waals surface area contributed by atoms with Crippen LogP contribution in [0.2, 0.25) is 0 Å². The highest BCUT2D eigenvalue weighted by molar-refractivity contribution is 5.98. The zero-order valence-corrected chi connectivity index (χ0v) is 12.0. The largest absolute Gasteiger partial charge is 0.351 e. The van der Waals surface area contributed by atoms with Crippen LogP contribution < -0.4 is 5.32 Å². The molecule has 0 atom stereocenters. The Morgan fingerprint density at radius 3 is 2.67 bits per heavy atom. The summed E-state index contributed by atoms with van der Waals surface area (Å²) in [7, 11) is 0. The maximum atomic E-state index is 12.5. The van der Waals surface area contributed by atoms with Crippen molar-refractivity contribution in [3.8, 4) is 0 Å². The molecule has 21 heavy (non-hydrogen) atoms. The lowest BCUT2D eigenvalue weighted by Gasteiger charge is -2.46. The molecular formula is C16H20N4O. The second kappa shape index (κ2) is 5.16. The van der Waals surface area contributed by atoms with E-state index in [1.807, 2.05) is 35.2 Å². The van der Waals surface area contributed by atoms with Gasteiger partial charge in [-0.25, -0.2) is 0 Å². The molecule has 1 aromatic heterocycles. The summed E-state index contributed by atoms with van der Waals surface area (Å²) in [5, 5.41) is 4.46. The normalized spacial score (nSPS) is 20.7. The number of amides is 1. The van der Waals surface area contributed by atoms with Gasteiger partial charge in [0.05, 0.1) is 0 Å². The Morgan fingerprint density at radius 2 is 1.90 bits per heavy atom. The van der Waals surface area contributed by atoms with Crippen LogP contribution in [0.1, 0.15) is 10.5 Å². The Kier molecular flexibility index (Phi) is 3.16. The highest BCUT2D eigenvalue weighted by Crippen LogP contribution is 2.21. The van der Waals surface area contributed by atoms with Crippen LogP contribution in [0.3, 0.4) is 0 Å². The second-order valence-electron chi connectivity index (χ2n) is 5.92. The number of nitrogens with one attached hydrogen (secondary N) is 2. The number of likely N-dealkylation sites (tertiary alicyclic amines) is 1. The van der Waals surface area contributed by atoms with Gasteiger partial charge in [0.15, 0.2) is 0 Å². The SMILES string of the molecule is O=C(c1cc2ccccc2[nH]1)N1CC(N2CCNCC2)C1. The lowest BCUT2D eigenvalue weighted by Crippen LogP contribution is -2.63. The molecule has 0 bridgehead atoms. The van der Waals surface area contributed by atoms with Gasteiger partial charge in [-0.3, -0.25) is 9.69 Å². The van der Waals surface area contributed by atoms with Crippen molar-refractivity contribution in [3.63, 3.8) is 0 Å². The highest BCUT2D eigenvalue weighted by Gasteiger charge is 2.35. The average Bonchev–Trinajstić information content (AvgIpc) is 2.90. The number of hydrogen-bond acceptors (Lipinski definition) is 3. The van der Waals surface area contributed by atoms with E-state index in [1.165, 1.54) is 0 Å². The van der Waals surface area contributed by atoms with Crippen molar-refractivity contribution in [1.82, 2.24) is 20.1 Å². The van der Waals surface area contributed by atoms with Gasteiger partial charge in [-0.15, -0.1) is 0 Å². The monoisotopic (exact) mass is 284 g/mol. The van der Waals surface area contributed by atoms with Gasteiger partial charge in [0.1, 0.15) is 5.69 Å². The lowest BCUT2D eigenvalue weighted by molar-refractivity contribution is 0.0223. The van der Waals surface area contributed by atoms with E-state index in [0.29, 0.717) is 11.7 Å². The second-order valence-corrected chi connectivity index (χ2v) is 5.92. The minimum atomic E-state index is 0.123. The summed E-state index contributed by atoms with van der Waals surface area (Å²) in [4.78, 5) is 20.1. The summed E-state index contributed by atoms with van der Waals surface area (Å²) in [5.74, 6) is 0.123. The zero-order chi connectivity index (χ0) is 14.2. The van der Waals surface area contributed by atoms with Crippen molar-refractivity contribution >= 4 is 16.8 Å². The number of hydrogen-bond donors (Lipinski definition) is 2. The van der Waals surface area contributed by atoms with Crippen molar-refractivity contribution in [1.29, 1.82) is 0 Å². The molecule has 0 saturated carbocycles. The fourth-order valence-corrected chi connectivity index (χ4v) is 3.26. The van der Waals surface area contributed by atoms with Crippen LogP contribution in [-0.2, 0) is 0 Å². The molecule has 2 N–H and O–H groups in total. The highest BCUT2D eigenvalue weighted by atomic mass is 16.2. The molecule has 2 aromatic rings. The number of benzene rings is 1. The van der Waals surface area contributed by atoms with Crippen molar-refractivity contribution in [2.45, 2.75) is 6.04 Å². The molecule has 5 heteroatoms. The van der Waals surface area contributed by atoms with Crippen LogP contribution in [0.4, 0.5) is 0 Å². The third-order valence-corrected chi connectivity index (χ3v) is 4.58. The Labute approximate surface area is 123 Å². The molecule has 0 aliphatic carbocycles. The first-order valence-corrected chi connectivity index (χ1v) is 7.63. The predicted molar refractivity (Wildman–Crippen MR) is 82.4 cm³/mol. The molecule has 2 fully saturated rings. The first-order chi connectivity index (χ1) is 10.3. The number of carbonyl (C=O) groups excluding carboxylic acids is 1. The molecule has 2 saturated heterocycles. The van der Waals surface area contributed by atoms with Crippen LogP contribution in [-0.4, -0.2) is 66.0 Å². The average molecular weight is 284 g/mol. The van der Waals surface area contributed by atoms with E-state index in [9.17, 15) is 4.79 Å². The van der Waals surface area contributed by atoms with E-state index in [0.717, 1.165) is 50.2 Å². The minimum absolute atomic E-state index is 0.123. The van der Waals surface area contributed by atoms with Crippen LogP contribution in [0, 0.1) is 0 Å². The van der Waals surface area contributed by atoms with Gasteiger partial charge in [0, 0.05) is 56.2 Å². The number of nitrogens with zero attached hydrogens (tertiary/aromatic N) is 2. The number of fused-ring (bicyclic) bond motifs is 1. The smallest absolute Gasteiger partial charge is 0.270 e. The van der Waals surface area contributed by atoms with Gasteiger partial charge < -0.3 is 15.2 Å². The fourth-order valence-electron chi connectivity index (χ4n) is 3.26. The Hall–Kier alpha value is -1.85. The summed E-state index contributed by atoms with van der Waals surface area (Å²) in [6.45, 7) is 6.03. The summed E-state index contributed by atoms with van der Waals surface area (Å²) >= 11 is 0. The molecule has 2 aliphatic heterocycles. The van der Waals surface area contributed by atoms with Crippen LogP contribution in [0.5, 0.6) is 0 Å². The zero-order valence-electron chi connectivity index (χ0n) is 12.0. The predicted octanol–water partition coefficient (Wildman–Crippen LogP) is 0.897. The molecule has 1 aromatic carbocycles. The maximum Gasteiger partial charge on any atom is 0.270 e. The number of aromatic amines is 1. The van der Waals surface area contributed by atoms with Gasteiger partial charge in [-0.05, 0) is 12.1 Å². The number of carbonyl (C=O) groups is 1. The molecule has 1 amide bonds. The van der Waals surface area contributed by atoms with Gasteiger partial charge in [-0.1, -0.05) is 18.2 Å². The maximum absolute atomic E-state index is 12.5. The molecule has 3 heterocycles. The van der Waals surface area contributed by atoms with Crippen LogP contribution in [0.25, 0.3) is 10.9 Å². The van der Waals surface area contributed by atoms with Crippen LogP contribution in [0.15, 0.2) is 30.3 Å².